The van der Waals surface area contributed by atoms with Gasteiger partial charge in [0.05, 0.1) is 0 Å². The number of likely N-dealkylation sites (tertiary alicyclic amines) is 2. The predicted molar refractivity (Wildman–Crippen MR) is 91.1 cm³/mol. The number of carbonyl (C=O) groups is 1. The lowest BCUT2D eigenvalue weighted by Crippen LogP contribution is -2.44. The molecule has 0 saturated carbocycles. The van der Waals surface area contributed by atoms with Gasteiger partial charge in [0.25, 0.3) is 0 Å². The van der Waals surface area contributed by atoms with Gasteiger partial charge in [-0.15, -0.1) is 0 Å². The smallest absolute Gasteiger partial charge is 0.248 e. The number of nitrogens with zero attached hydrogens (tertiary/aromatic N) is 2. The first-order valence-electron chi connectivity index (χ1n) is 8.89. The van der Waals surface area contributed by atoms with Crippen molar-refractivity contribution in [1.29, 1.82) is 0 Å². The van der Waals surface area contributed by atoms with Gasteiger partial charge in [0, 0.05) is 32.3 Å². The van der Waals surface area contributed by atoms with E-state index in [4.69, 9.17) is 4.74 Å². The average Bonchev–Trinajstić information content (AvgIpc) is 2.81. The molecule has 3 rings (SSSR count). The number of benzene rings is 1. The molecule has 1 spiro atoms. The third-order valence-electron chi connectivity index (χ3n) is 5.57. The van der Waals surface area contributed by atoms with Gasteiger partial charge < -0.3 is 9.64 Å². The van der Waals surface area contributed by atoms with Crippen LogP contribution in [0, 0.1) is 5.82 Å². The van der Waals surface area contributed by atoms with Gasteiger partial charge in [-0.25, -0.2) is 4.39 Å². The highest BCUT2D eigenvalue weighted by Crippen LogP contribution is 2.39. The van der Waals surface area contributed by atoms with Crippen molar-refractivity contribution in [3.05, 3.63) is 35.6 Å². The van der Waals surface area contributed by atoms with Gasteiger partial charge in [-0.2, -0.15) is 0 Å². The molecule has 2 saturated heterocycles. The number of ether oxygens (including phenoxy) is 1. The van der Waals surface area contributed by atoms with Crippen molar-refractivity contribution in [3.8, 4) is 0 Å². The molecular formula is C19H27FN2O2. The van der Waals surface area contributed by atoms with Gasteiger partial charge in [-0.1, -0.05) is 12.1 Å². The van der Waals surface area contributed by atoms with Gasteiger partial charge in [-0.05, 0) is 56.3 Å². The van der Waals surface area contributed by atoms with E-state index in [1.165, 1.54) is 25.0 Å². The van der Waals surface area contributed by atoms with Gasteiger partial charge in [0.15, 0.2) is 0 Å². The molecule has 2 fully saturated rings. The fraction of sp³-hybridized carbons (Fsp3) is 0.632. The van der Waals surface area contributed by atoms with Crippen LogP contribution in [0.4, 0.5) is 4.39 Å². The standard InChI is InChI=1S/C19H27FN2O2/c1-24-15-18(23)21-11-2-8-19(10-13-21)9-3-12-22(19)14-16-4-6-17(20)7-5-16/h4-7H,2-3,8-15H2,1H3/t19-/m1/s1. The molecule has 0 aliphatic carbocycles. The van der Waals surface area contributed by atoms with E-state index in [2.05, 4.69) is 4.90 Å². The molecule has 1 amide bonds. The van der Waals surface area contributed by atoms with E-state index in [0.29, 0.717) is 0 Å². The topological polar surface area (TPSA) is 32.8 Å². The van der Waals surface area contributed by atoms with E-state index in [-0.39, 0.29) is 23.9 Å². The molecule has 0 radical (unpaired) electrons. The summed E-state index contributed by atoms with van der Waals surface area (Å²) in [5.41, 5.74) is 1.35. The van der Waals surface area contributed by atoms with Crippen molar-refractivity contribution in [3.63, 3.8) is 0 Å². The van der Waals surface area contributed by atoms with Crippen molar-refractivity contribution < 1.29 is 13.9 Å². The first-order chi connectivity index (χ1) is 11.6. The van der Waals surface area contributed by atoms with Crippen molar-refractivity contribution >= 4 is 5.91 Å². The van der Waals surface area contributed by atoms with Crippen LogP contribution in [0.25, 0.3) is 0 Å². The van der Waals surface area contributed by atoms with E-state index < -0.39 is 0 Å². The lowest BCUT2D eigenvalue weighted by Gasteiger charge is -2.38. The Labute approximate surface area is 143 Å². The largest absolute Gasteiger partial charge is 0.375 e. The Kier molecular flexibility index (Phi) is 5.51. The number of carbonyl (C=O) groups excluding carboxylic acids is 1. The summed E-state index contributed by atoms with van der Waals surface area (Å²) in [5, 5.41) is 0. The molecule has 132 valence electrons. The Morgan fingerprint density at radius 1 is 1.12 bits per heavy atom. The zero-order valence-corrected chi connectivity index (χ0v) is 14.5. The average molecular weight is 334 g/mol. The molecule has 0 bridgehead atoms. The second kappa shape index (κ2) is 7.62. The molecule has 0 N–H and O–H groups in total. The highest BCUT2D eigenvalue weighted by atomic mass is 19.1. The van der Waals surface area contributed by atoms with Crippen molar-refractivity contribution in [2.24, 2.45) is 0 Å². The van der Waals surface area contributed by atoms with Crippen LogP contribution in [0.5, 0.6) is 0 Å². The highest BCUT2D eigenvalue weighted by Gasteiger charge is 2.41. The molecule has 1 atom stereocenters. The molecule has 5 heteroatoms. The summed E-state index contributed by atoms with van der Waals surface area (Å²) in [4.78, 5) is 16.6. The zero-order valence-electron chi connectivity index (χ0n) is 14.5. The first-order valence-corrected chi connectivity index (χ1v) is 8.89. The minimum Gasteiger partial charge on any atom is -0.375 e. The van der Waals surface area contributed by atoms with Crippen LogP contribution in [0.2, 0.25) is 0 Å². The quantitative estimate of drug-likeness (QED) is 0.849. The minimum absolute atomic E-state index is 0.0950. The van der Waals surface area contributed by atoms with Crippen LogP contribution in [0.3, 0.4) is 0 Å². The number of rotatable bonds is 4. The molecule has 1 aromatic rings. The van der Waals surface area contributed by atoms with Crippen LogP contribution < -0.4 is 0 Å². The maximum atomic E-state index is 13.1. The Balaban J connectivity index is 1.67. The van der Waals surface area contributed by atoms with Crippen molar-refractivity contribution in [1.82, 2.24) is 9.80 Å². The monoisotopic (exact) mass is 334 g/mol. The molecule has 2 aliphatic rings. The summed E-state index contributed by atoms with van der Waals surface area (Å²) >= 11 is 0. The van der Waals surface area contributed by atoms with E-state index in [1.54, 1.807) is 7.11 Å². The Morgan fingerprint density at radius 2 is 1.83 bits per heavy atom. The van der Waals surface area contributed by atoms with Crippen LogP contribution >= 0.6 is 0 Å². The number of halogens is 1. The van der Waals surface area contributed by atoms with Gasteiger partial charge >= 0.3 is 0 Å². The number of hydrogen-bond acceptors (Lipinski definition) is 3. The van der Waals surface area contributed by atoms with Crippen LogP contribution in [-0.2, 0) is 16.1 Å². The normalized spacial score (nSPS) is 25.2. The maximum absolute atomic E-state index is 13.1. The number of methoxy groups -OCH3 is 1. The fourth-order valence-electron chi connectivity index (χ4n) is 4.26. The molecule has 2 heterocycles. The third-order valence-corrected chi connectivity index (χ3v) is 5.57. The second-order valence-corrected chi connectivity index (χ2v) is 7.04. The van der Waals surface area contributed by atoms with E-state index in [9.17, 15) is 9.18 Å². The van der Waals surface area contributed by atoms with Gasteiger partial charge in [0.2, 0.25) is 5.91 Å². The predicted octanol–water partition coefficient (Wildman–Crippen LogP) is 2.82. The van der Waals surface area contributed by atoms with Crippen LogP contribution in [-0.4, -0.2) is 54.6 Å². The van der Waals surface area contributed by atoms with Crippen molar-refractivity contribution in [2.75, 3.05) is 33.4 Å². The highest BCUT2D eigenvalue weighted by molar-refractivity contribution is 5.77. The van der Waals surface area contributed by atoms with Gasteiger partial charge in [-0.3, -0.25) is 9.69 Å². The molecule has 1 aromatic carbocycles. The summed E-state index contributed by atoms with van der Waals surface area (Å²) < 4.78 is 18.1. The van der Waals surface area contributed by atoms with Crippen LogP contribution in [0.15, 0.2) is 24.3 Å². The zero-order chi connectivity index (χ0) is 17.0. The SMILES string of the molecule is COCC(=O)N1CCC[C@@]2(CCCN2Cc2ccc(F)cc2)CC1. The summed E-state index contributed by atoms with van der Waals surface area (Å²) in [6, 6.07) is 6.84. The minimum atomic E-state index is -0.184. The summed E-state index contributed by atoms with van der Waals surface area (Å²) in [6.45, 7) is 3.76. The summed E-state index contributed by atoms with van der Waals surface area (Å²) in [6.07, 6.45) is 5.58. The van der Waals surface area contributed by atoms with Crippen molar-refractivity contribution in [2.45, 2.75) is 44.2 Å². The lowest BCUT2D eigenvalue weighted by molar-refractivity contribution is -0.135. The second-order valence-electron chi connectivity index (χ2n) is 7.04. The van der Waals surface area contributed by atoms with Gasteiger partial charge in [0.1, 0.15) is 12.4 Å². The van der Waals surface area contributed by atoms with E-state index >= 15 is 0 Å². The Hall–Kier alpha value is -1.46. The Bertz CT molecular complexity index is 563. The summed E-state index contributed by atoms with van der Waals surface area (Å²) in [7, 11) is 1.57. The summed E-state index contributed by atoms with van der Waals surface area (Å²) in [5.74, 6) is -0.0886. The molecular weight excluding hydrogens is 307 g/mol. The van der Waals surface area contributed by atoms with E-state index in [1.807, 2.05) is 17.0 Å². The molecule has 0 aromatic heterocycles. The molecule has 24 heavy (non-hydrogen) atoms. The van der Waals surface area contributed by atoms with Crippen LogP contribution in [0.1, 0.15) is 37.7 Å². The molecule has 2 aliphatic heterocycles. The first kappa shape index (κ1) is 17.4. The third kappa shape index (κ3) is 3.78. The Morgan fingerprint density at radius 3 is 2.54 bits per heavy atom. The number of amides is 1. The fourth-order valence-corrected chi connectivity index (χ4v) is 4.26. The molecule has 4 nitrogen and oxygen atoms in total. The lowest BCUT2D eigenvalue weighted by atomic mass is 9.87. The number of hydrogen-bond donors (Lipinski definition) is 0. The maximum Gasteiger partial charge on any atom is 0.248 e. The molecule has 0 unspecified atom stereocenters. The van der Waals surface area contributed by atoms with E-state index in [0.717, 1.165) is 51.0 Å².